The van der Waals surface area contributed by atoms with Gasteiger partial charge in [-0.25, -0.2) is 0 Å². The smallest absolute Gasteiger partial charge is 0.00922 e. The first-order chi connectivity index (χ1) is 6.24. The molecule has 78 valence electrons. The predicted octanol–water partition coefficient (Wildman–Crippen LogP) is 1.99. The van der Waals surface area contributed by atoms with Gasteiger partial charge in [-0.2, -0.15) is 0 Å². The maximum atomic E-state index is 5.89. The van der Waals surface area contributed by atoms with Gasteiger partial charge in [-0.05, 0) is 39.3 Å². The molecule has 1 atom stereocenters. The molecule has 0 aliphatic heterocycles. The van der Waals surface area contributed by atoms with Crippen LogP contribution in [0.4, 0.5) is 0 Å². The molecule has 0 heterocycles. The van der Waals surface area contributed by atoms with Gasteiger partial charge in [0.05, 0.1) is 0 Å². The van der Waals surface area contributed by atoms with Crippen molar-refractivity contribution in [2.75, 3.05) is 13.6 Å². The van der Waals surface area contributed by atoms with Crippen molar-refractivity contribution >= 4 is 0 Å². The lowest BCUT2D eigenvalue weighted by Crippen LogP contribution is -2.33. The van der Waals surface area contributed by atoms with E-state index in [1.54, 1.807) is 0 Å². The zero-order valence-corrected chi connectivity index (χ0v) is 9.13. The third-order valence-electron chi connectivity index (χ3n) is 3.33. The van der Waals surface area contributed by atoms with Crippen molar-refractivity contribution in [3.63, 3.8) is 0 Å². The van der Waals surface area contributed by atoms with Crippen LogP contribution in [-0.4, -0.2) is 30.6 Å². The van der Waals surface area contributed by atoms with E-state index < -0.39 is 0 Å². The SMILES string of the molecule is CCC(N)CCN(C)C1CCCC1. The van der Waals surface area contributed by atoms with E-state index in [-0.39, 0.29) is 0 Å². The average Bonchev–Trinajstić information content (AvgIpc) is 2.66. The lowest BCUT2D eigenvalue weighted by Gasteiger charge is -2.25. The Morgan fingerprint density at radius 2 is 2.00 bits per heavy atom. The van der Waals surface area contributed by atoms with Crippen LogP contribution in [0.25, 0.3) is 0 Å². The molecular weight excluding hydrogens is 160 g/mol. The zero-order valence-electron chi connectivity index (χ0n) is 9.13. The quantitative estimate of drug-likeness (QED) is 0.708. The fraction of sp³-hybridized carbons (Fsp3) is 1.00. The summed E-state index contributed by atoms with van der Waals surface area (Å²) in [5, 5.41) is 0. The third kappa shape index (κ3) is 3.65. The molecule has 1 fully saturated rings. The lowest BCUT2D eigenvalue weighted by atomic mass is 10.1. The van der Waals surface area contributed by atoms with Crippen LogP contribution in [0.3, 0.4) is 0 Å². The van der Waals surface area contributed by atoms with Gasteiger partial charge in [-0.3, -0.25) is 0 Å². The maximum Gasteiger partial charge on any atom is 0.00922 e. The van der Waals surface area contributed by atoms with Gasteiger partial charge in [0.1, 0.15) is 0 Å². The first-order valence-electron chi connectivity index (χ1n) is 5.70. The Balaban J connectivity index is 2.12. The van der Waals surface area contributed by atoms with Crippen molar-refractivity contribution in [3.8, 4) is 0 Å². The van der Waals surface area contributed by atoms with E-state index in [4.69, 9.17) is 5.73 Å². The van der Waals surface area contributed by atoms with Crippen LogP contribution in [0.1, 0.15) is 45.4 Å². The molecule has 0 amide bonds. The Hall–Kier alpha value is -0.0800. The van der Waals surface area contributed by atoms with Crippen LogP contribution in [0.5, 0.6) is 0 Å². The van der Waals surface area contributed by atoms with E-state index in [1.807, 2.05) is 0 Å². The topological polar surface area (TPSA) is 29.3 Å². The molecular formula is C11H24N2. The minimum atomic E-state index is 0.406. The molecule has 0 aromatic heterocycles. The summed E-state index contributed by atoms with van der Waals surface area (Å²) in [6.07, 6.45) is 7.92. The molecule has 0 aromatic carbocycles. The number of hydrogen-bond acceptors (Lipinski definition) is 2. The molecule has 1 unspecified atom stereocenters. The van der Waals surface area contributed by atoms with E-state index >= 15 is 0 Å². The highest BCUT2D eigenvalue weighted by atomic mass is 15.1. The molecule has 2 N–H and O–H groups in total. The van der Waals surface area contributed by atoms with E-state index in [0.29, 0.717) is 6.04 Å². The Labute approximate surface area is 82.5 Å². The van der Waals surface area contributed by atoms with E-state index in [0.717, 1.165) is 18.9 Å². The van der Waals surface area contributed by atoms with Gasteiger partial charge in [0, 0.05) is 12.1 Å². The summed E-state index contributed by atoms with van der Waals surface area (Å²) in [6, 6.07) is 1.26. The maximum absolute atomic E-state index is 5.89. The molecule has 0 saturated heterocycles. The molecule has 1 saturated carbocycles. The van der Waals surface area contributed by atoms with Crippen LogP contribution in [0, 0.1) is 0 Å². The molecule has 1 aliphatic rings. The van der Waals surface area contributed by atoms with Gasteiger partial charge >= 0.3 is 0 Å². The molecule has 1 aliphatic carbocycles. The highest BCUT2D eigenvalue weighted by Gasteiger charge is 2.19. The molecule has 0 spiro atoms. The van der Waals surface area contributed by atoms with Crippen LogP contribution in [0.2, 0.25) is 0 Å². The van der Waals surface area contributed by atoms with Crippen molar-refractivity contribution in [2.24, 2.45) is 5.73 Å². The van der Waals surface area contributed by atoms with Gasteiger partial charge in [0.15, 0.2) is 0 Å². The second-order valence-electron chi connectivity index (χ2n) is 4.38. The summed E-state index contributed by atoms with van der Waals surface area (Å²) in [6.45, 7) is 3.35. The highest BCUT2D eigenvalue weighted by Crippen LogP contribution is 2.22. The summed E-state index contributed by atoms with van der Waals surface area (Å²) < 4.78 is 0. The highest BCUT2D eigenvalue weighted by molar-refractivity contribution is 4.75. The number of nitrogens with zero attached hydrogens (tertiary/aromatic N) is 1. The van der Waals surface area contributed by atoms with Crippen molar-refractivity contribution < 1.29 is 0 Å². The lowest BCUT2D eigenvalue weighted by molar-refractivity contribution is 0.236. The second kappa shape index (κ2) is 5.61. The summed E-state index contributed by atoms with van der Waals surface area (Å²) in [4.78, 5) is 2.50. The van der Waals surface area contributed by atoms with Crippen LogP contribution < -0.4 is 5.73 Å². The van der Waals surface area contributed by atoms with Gasteiger partial charge in [0.25, 0.3) is 0 Å². The van der Waals surface area contributed by atoms with Gasteiger partial charge in [-0.15, -0.1) is 0 Å². The van der Waals surface area contributed by atoms with Crippen molar-refractivity contribution in [1.29, 1.82) is 0 Å². The van der Waals surface area contributed by atoms with Crippen molar-refractivity contribution in [3.05, 3.63) is 0 Å². The van der Waals surface area contributed by atoms with Crippen molar-refractivity contribution in [1.82, 2.24) is 4.90 Å². The first-order valence-corrected chi connectivity index (χ1v) is 5.70. The minimum absolute atomic E-state index is 0.406. The molecule has 0 bridgehead atoms. The molecule has 0 aromatic rings. The second-order valence-corrected chi connectivity index (χ2v) is 4.38. The fourth-order valence-corrected chi connectivity index (χ4v) is 2.10. The first kappa shape index (κ1) is 11.0. The van der Waals surface area contributed by atoms with E-state index in [9.17, 15) is 0 Å². The van der Waals surface area contributed by atoms with Crippen LogP contribution in [0.15, 0.2) is 0 Å². The minimum Gasteiger partial charge on any atom is -0.328 e. The molecule has 0 radical (unpaired) electrons. The number of hydrogen-bond donors (Lipinski definition) is 1. The van der Waals surface area contributed by atoms with Crippen LogP contribution in [-0.2, 0) is 0 Å². The standard InChI is InChI=1S/C11H24N2/c1-3-10(12)8-9-13(2)11-6-4-5-7-11/h10-11H,3-9,12H2,1-2H3. The Bertz CT molecular complexity index is 130. The summed E-state index contributed by atoms with van der Waals surface area (Å²) >= 11 is 0. The number of rotatable bonds is 5. The molecule has 2 nitrogen and oxygen atoms in total. The average molecular weight is 184 g/mol. The fourth-order valence-electron chi connectivity index (χ4n) is 2.10. The normalized spacial score (nSPS) is 21.2. The summed E-state index contributed by atoms with van der Waals surface area (Å²) in [7, 11) is 2.25. The Morgan fingerprint density at radius 1 is 1.38 bits per heavy atom. The van der Waals surface area contributed by atoms with E-state index in [2.05, 4.69) is 18.9 Å². The molecule has 2 heteroatoms. The zero-order chi connectivity index (χ0) is 9.68. The Kier molecular flexibility index (Phi) is 4.74. The van der Waals surface area contributed by atoms with Gasteiger partial charge in [-0.1, -0.05) is 19.8 Å². The largest absolute Gasteiger partial charge is 0.328 e. The Morgan fingerprint density at radius 3 is 2.54 bits per heavy atom. The summed E-state index contributed by atoms with van der Waals surface area (Å²) in [5.41, 5.74) is 5.89. The van der Waals surface area contributed by atoms with Gasteiger partial charge < -0.3 is 10.6 Å². The van der Waals surface area contributed by atoms with E-state index in [1.165, 1.54) is 32.2 Å². The summed E-state index contributed by atoms with van der Waals surface area (Å²) in [5.74, 6) is 0. The predicted molar refractivity (Wildman–Crippen MR) is 57.8 cm³/mol. The molecule has 1 rings (SSSR count). The third-order valence-corrected chi connectivity index (χ3v) is 3.33. The number of nitrogens with two attached hydrogens (primary N) is 1. The monoisotopic (exact) mass is 184 g/mol. The van der Waals surface area contributed by atoms with Crippen LogP contribution >= 0.6 is 0 Å². The molecule has 13 heavy (non-hydrogen) atoms. The van der Waals surface area contributed by atoms with Crippen molar-refractivity contribution in [2.45, 2.75) is 57.5 Å². The van der Waals surface area contributed by atoms with Gasteiger partial charge in [0.2, 0.25) is 0 Å².